The standard InChI is InChI=1S/C15H14ClN5/c16-11-6-2-1-4-9(11)13-8-14-18-12-7-3-5-10(12)15(19-17)21(14)20-13/h1-2,4,6,8,19H,3,5,7,17H2. The van der Waals surface area contributed by atoms with Crippen LogP contribution < -0.4 is 11.3 Å². The fraction of sp³-hybridized carbons (Fsp3) is 0.200. The zero-order valence-corrected chi connectivity index (χ0v) is 12.1. The number of hydrogen-bond donors (Lipinski definition) is 2. The number of hydrogen-bond acceptors (Lipinski definition) is 4. The predicted molar refractivity (Wildman–Crippen MR) is 83.3 cm³/mol. The van der Waals surface area contributed by atoms with Gasteiger partial charge < -0.3 is 5.43 Å². The van der Waals surface area contributed by atoms with Crippen molar-refractivity contribution in [2.24, 2.45) is 5.84 Å². The quantitative estimate of drug-likeness (QED) is 0.564. The van der Waals surface area contributed by atoms with Gasteiger partial charge in [0.1, 0.15) is 5.82 Å². The van der Waals surface area contributed by atoms with E-state index in [1.807, 2.05) is 30.3 Å². The number of nitrogens with one attached hydrogen (secondary N) is 1. The summed E-state index contributed by atoms with van der Waals surface area (Å²) < 4.78 is 1.77. The van der Waals surface area contributed by atoms with E-state index >= 15 is 0 Å². The molecule has 0 radical (unpaired) electrons. The van der Waals surface area contributed by atoms with E-state index in [0.717, 1.165) is 47.7 Å². The second kappa shape index (κ2) is 4.72. The number of aryl methyl sites for hydroxylation is 1. The Morgan fingerprint density at radius 1 is 1.24 bits per heavy atom. The Labute approximate surface area is 126 Å². The van der Waals surface area contributed by atoms with Crippen molar-refractivity contribution in [3.05, 3.63) is 46.6 Å². The number of benzene rings is 1. The van der Waals surface area contributed by atoms with Gasteiger partial charge in [-0.2, -0.15) is 9.61 Å². The number of rotatable bonds is 2. The SMILES string of the molecule is NNc1c2c(nc3cc(-c4ccccc4Cl)nn13)CCC2. The van der Waals surface area contributed by atoms with Gasteiger partial charge in [-0.05, 0) is 25.3 Å². The molecule has 0 amide bonds. The van der Waals surface area contributed by atoms with E-state index in [0.29, 0.717) is 5.02 Å². The molecule has 1 aliphatic carbocycles. The Kier molecular flexibility index (Phi) is 2.83. The third-order valence-electron chi connectivity index (χ3n) is 3.91. The van der Waals surface area contributed by atoms with Crippen molar-refractivity contribution in [1.29, 1.82) is 0 Å². The van der Waals surface area contributed by atoms with E-state index in [9.17, 15) is 0 Å². The van der Waals surface area contributed by atoms with Crippen LogP contribution in [0.3, 0.4) is 0 Å². The maximum atomic E-state index is 6.25. The van der Waals surface area contributed by atoms with Gasteiger partial charge >= 0.3 is 0 Å². The average molecular weight is 300 g/mol. The lowest BCUT2D eigenvalue weighted by atomic mass is 10.1. The molecule has 106 valence electrons. The predicted octanol–water partition coefficient (Wildman–Crippen LogP) is 2.82. The minimum Gasteiger partial charge on any atom is -0.308 e. The topological polar surface area (TPSA) is 68.2 Å². The van der Waals surface area contributed by atoms with E-state index in [1.54, 1.807) is 4.52 Å². The summed E-state index contributed by atoms with van der Waals surface area (Å²) in [6, 6.07) is 9.60. The van der Waals surface area contributed by atoms with Crippen molar-refractivity contribution in [2.75, 3.05) is 5.43 Å². The minimum atomic E-state index is 0.677. The number of aromatic nitrogens is 3. The number of nitrogens with zero attached hydrogens (tertiary/aromatic N) is 3. The zero-order chi connectivity index (χ0) is 14.4. The lowest BCUT2D eigenvalue weighted by Crippen LogP contribution is -2.15. The normalized spacial score (nSPS) is 13.6. The lowest BCUT2D eigenvalue weighted by Gasteiger charge is -2.09. The summed E-state index contributed by atoms with van der Waals surface area (Å²) in [5.41, 5.74) is 7.54. The molecule has 0 spiro atoms. The van der Waals surface area contributed by atoms with E-state index in [2.05, 4.69) is 10.5 Å². The summed E-state index contributed by atoms with van der Waals surface area (Å²) in [5.74, 6) is 6.53. The van der Waals surface area contributed by atoms with Crippen molar-refractivity contribution >= 4 is 23.1 Å². The van der Waals surface area contributed by atoms with Gasteiger partial charge in [0.05, 0.1) is 10.7 Å². The highest BCUT2D eigenvalue weighted by molar-refractivity contribution is 6.33. The third-order valence-corrected chi connectivity index (χ3v) is 4.24. The summed E-state index contributed by atoms with van der Waals surface area (Å²) in [6.45, 7) is 0. The van der Waals surface area contributed by atoms with Crippen LogP contribution in [0.15, 0.2) is 30.3 Å². The Bertz CT molecular complexity index is 839. The van der Waals surface area contributed by atoms with E-state index in [1.165, 1.54) is 5.56 Å². The van der Waals surface area contributed by atoms with Crippen LogP contribution in [0.25, 0.3) is 16.9 Å². The zero-order valence-electron chi connectivity index (χ0n) is 11.3. The molecule has 3 aromatic rings. The Balaban J connectivity index is 1.97. The molecule has 21 heavy (non-hydrogen) atoms. The fourth-order valence-corrected chi connectivity index (χ4v) is 3.17. The highest BCUT2D eigenvalue weighted by Gasteiger charge is 2.21. The highest BCUT2D eigenvalue weighted by Crippen LogP contribution is 2.31. The van der Waals surface area contributed by atoms with Crippen LogP contribution >= 0.6 is 11.6 Å². The van der Waals surface area contributed by atoms with Crippen molar-refractivity contribution in [3.8, 4) is 11.3 Å². The van der Waals surface area contributed by atoms with E-state index in [-0.39, 0.29) is 0 Å². The van der Waals surface area contributed by atoms with Crippen molar-refractivity contribution < 1.29 is 0 Å². The molecule has 6 heteroatoms. The molecule has 4 rings (SSSR count). The molecule has 0 atom stereocenters. The van der Waals surface area contributed by atoms with Crippen molar-refractivity contribution in [1.82, 2.24) is 14.6 Å². The largest absolute Gasteiger partial charge is 0.308 e. The van der Waals surface area contributed by atoms with Gasteiger partial charge in [-0.25, -0.2) is 10.8 Å². The molecule has 2 heterocycles. The molecule has 0 saturated carbocycles. The molecule has 1 aromatic carbocycles. The van der Waals surface area contributed by atoms with Gasteiger partial charge in [-0.1, -0.05) is 29.8 Å². The van der Waals surface area contributed by atoms with Gasteiger partial charge in [0, 0.05) is 22.9 Å². The van der Waals surface area contributed by atoms with Gasteiger partial charge in [0.25, 0.3) is 0 Å². The van der Waals surface area contributed by atoms with Crippen LogP contribution in [0.5, 0.6) is 0 Å². The lowest BCUT2D eigenvalue weighted by molar-refractivity contribution is 0.900. The van der Waals surface area contributed by atoms with Gasteiger partial charge in [-0.15, -0.1) is 0 Å². The van der Waals surface area contributed by atoms with Crippen LogP contribution in [0.4, 0.5) is 5.82 Å². The first-order valence-electron chi connectivity index (χ1n) is 6.91. The maximum absolute atomic E-state index is 6.25. The minimum absolute atomic E-state index is 0.677. The van der Waals surface area contributed by atoms with Gasteiger partial charge in [-0.3, -0.25) is 0 Å². The number of halogens is 1. The molecule has 0 unspecified atom stereocenters. The smallest absolute Gasteiger partial charge is 0.158 e. The molecular weight excluding hydrogens is 286 g/mol. The monoisotopic (exact) mass is 299 g/mol. The highest BCUT2D eigenvalue weighted by atomic mass is 35.5. The first kappa shape index (κ1) is 12.6. The molecule has 1 aliphatic rings. The summed E-state index contributed by atoms with van der Waals surface area (Å²) in [6.07, 6.45) is 3.09. The second-order valence-corrected chi connectivity index (χ2v) is 5.57. The Morgan fingerprint density at radius 3 is 2.90 bits per heavy atom. The van der Waals surface area contributed by atoms with Crippen LogP contribution in [0, 0.1) is 0 Å². The molecule has 5 nitrogen and oxygen atoms in total. The van der Waals surface area contributed by atoms with Crippen LogP contribution in [-0.2, 0) is 12.8 Å². The first-order chi connectivity index (χ1) is 10.3. The summed E-state index contributed by atoms with van der Waals surface area (Å²) in [5, 5.41) is 5.30. The van der Waals surface area contributed by atoms with Crippen molar-refractivity contribution in [3.63, 3.8) is 0 Å². The number of nitrogen functional groups attached to an aromatic ring is 1. The summed E-state index contributed by atoms with van der Waals surface area (Å²) >= 11 is 6.25. The summed E-state index contributed by atoms with van der Waals surface area (Å²) in [4.78, 5) is 4.70. The molecular formula is C15H14ClN5. The number of nitrogens with two attached hydrogens (primary N) is 1. The molecule has 3 N–H and O–H groups in total. The first-order valence-corrected chi connectivity index (χ1v) is 7.29. The Hall–Kier alpha value is -2.11. The van der Waals surface area contributed by atoms with Gasteiger partial charge in [0.15, 0.2) is 5.65 Å². The third kappa shape index (κ3) is 1.89. The van der Waals surface area contributed by atoms with Crippen molar-refractivity contribution in [2.45, 2.75) is 19.3 Å². The number of anilines is 1. The van der Waals surface area contributed by atoms with Gasteiger partial charge in [0.2, 0.25) is 0 Å². The molecule has 0 aliphatic heterocycles. The maximum Gasteiger partial charge on any atom is 0.158 e. The van der Waals surface area contributed by atoms with Crippen LogP contribution in [0.2, 0.25) is 5.02 Å². The number of hydrazine groups is 1. The number of fused-ring (bicyclic) bond motifs is 2. The fourth-order valence-electron chi connectivity index (χ4n) is 2.94. The van der Waals surface area contributed by atoms with Crippen LogP contribution in [0.1, 0.15) is 17.7 Å². The molecule has 2 aromatic heterocycles. The summed E-state index contributed by atoms with van der Waals surface area (Å²) in [7, 11) is 0. The van der Waals surface area contributed by atoms with Crippen LogP contribution in [-0.4, -0.2) is 14.6 Å². The molecule has 0 saturated heterocycles. The van der Waals surface area contributed by atoms with E-state index < -0.39 is 0 Å². The Morgan fingerprint density at radius 2 is 2.10 bits per heavy atom. The average Bonchev–Trinajstić information content (AvgIpc) is 3.11. The van der Waals surface area contributed by atoms with E-state index in [4.69, 9.17) is 22.4 Å². The second-order valence-electron chi connectivity index (χ2n) is 5.16. The molecule has 0 fully saturated rings. The molecule has 0 bridgehead atoms.